The van der Waals surface area contributed by atoms with E-state index < -0.39 is 0 Å². The minimum Gasteiger partial charge on any atom is -0.499 e. The maximum absolute atomic E-state index is 8.95. The molecule has 1 nitrogen and oxygen atoms in total. The van der Waals surface area contributed by atoms with Gasteiger partial charge in [-0.15, -0.1) is 11.3 Å². The lowest BCUT2D eigenvalue weighted by atomic mass is 10.2. The van der Waals surface area contributed by atoms with E-state index in [1.165, 1.54) is 29.7 Å². The quantitative estimate of drug-likeness (QED) is 0.634. The van der Waals surface area contributed by atoms with Crippen LogP contribution in [0.3, 0.4) is 0 Å². The standard InChI is InChI=1S/C7H8OS/c8-7-3-6(4-9-7)5-1-2-5/h3-5,8H,1-2H2. The molecule has 1 aliphatic rings. The largest absolute Gasteiger partial charge is 0.499 e. The SMILES string of the molecule is Oc1cc(C2CC2)cs1. The molecule has 1 heterocycles. The molecule has 0 unspecified atom stereocenters. The van der Waals surface area contributed by atoms with Gasteiger partial charge in [0, 0.05) is 0 Å². The Morgan fingerprint density at radius 3 is 2.78 bits per heavy atom. The molecule has 1 fully saturated rings. The second-order valence-corrected chi connectivity index (χ2v) is 3.38. The van der Waals surface area contributed by atoms with Crippen LogP contribution in [0.5, 0.6) is 5.06 Å². The van der Waals surface area contributed by atoms with Crippen LogP contribution in [0.4, 0.5) is 0 Å². The third-order valence-electron chi connectivity index (χ3n) is 1.65. The lowest BCUT2D eigenvalue weighted by Gasteiger charge is -1.83. The second kappa shape index (κ2) is 1.74. The normalized spacial score (nSPS) is 18.2. The van der Waals surface area contributed by atoms with E-state index in [-0.39, 0.29) is 0 Å². The predicted molar refractivity (Wildman–Crippen MR) is 38.0 cm³/mol. The van der Waals surface area contributed by atoms with Gasteiger partial charge < -0.3 is 5.11 Å². The van der Waals surface area contributed by atoms with E-state index >= 15 is 0 Å². The average Bonchev–Trinajstić information content (AvgIpc) is 2.58. The van der Waals surface area contributed by atoms with Crippen LogP contribution in [0.15, 0.2) is 11.4 Å². The first-order valence-corrected chi connectivity index (χ1v) is 4.01. The van der Waals surface area contributed by atoms with Crippen LogP contribution in [-0.2, 0) is 0 Å². The number of aromatic hydroxyl groups is 1. The average molecular weight is 140 g/mol. The van der Waals surface area contributed by atoms with Crippen LogP contribution in [-0.4, -0.2) is 5.11 Å². The number of hydrogen-bond donors (Lipinski definition) is 1. The lowest BCUT2D eigenvalue weighted by molar-refractivity contribution is 0.490. The van der Waals surface area contributed by atoms with Gasteiger partial charge in [-0.1, -0.05) is 0 Å². The van der Waals surface area contributed by atoms with Crippen molar-refractivity contribution in [2.24, 2.45) is 0 Å². The molecule has 1 aliphatic carbocycles. The molecule has 0 aliphatic heterocycles. The molecule has 0 bridgehead atoms. The highest BCUT2D eigenvalue weighted by molar-refractivity contribution is 7.11. The summed E-state index contributed by atoms with van der Waals surface area (Å²) in [6.07, 6.45) is 2.63. The van der Waals surface area contributed by atoms with Crippen LogP contribution >= 0.6 is 11.3 Å². The van der Waals surface area contributed by atoms with E-state index in [0.717, 1.165) is 5.92 Å². The maximum Gasteiger partial charge on any atom is 0.171 e. The van der Waals surface area contributed by atoms with Crippen molar-refractivity contribution >= 4 is 11.3 Å². The van der Waals surface area contributed by atoms with Crippen molar-refractivity contribution in [3.05, 3.63) is 17.0 Å². The topological polar surface area (TPSA) is 20.2 Å². The molecule has 2 heteroatoms. The van der Waals surface area contributed by atoms with Gasteiger partial charge in [0.2, 0.25) is 0 Å². The summed E-state index contributed by atoms with van der Waals surface area (Å²) in [4.78, 5) is 0. The summed E-state index contributed by atoms with van der Waals surface area (Å²) >= 11 is 1.43. The van der Waals surface area contributed by atoms with E-state index in [1.54, 1.807) is 0 Å². The summed E-state index contributed by atoms with van der Waals surface area (Å²) in [5, 5.41) is 11.5. The van der Waals surface area contributed by atoms with Crippen LogP contribution in [0.2, 0.25) is 0 Å². The van der Waals surface area contributed by atoms with Gasteiger partial charge in [0.25, 0.3) is 0 Å². The molecular weight excluding hydrogens is 132 g/mol. The van der Waals surface area contributed by atoms with Gasteiger partial charge in [-0.05, 0) is 35.8 Å². The third-order valence-corrected chi connectivity index (χ3v) is 2.40. The first-order chi connectivity index (χ1) is 4.36. The zero-order chi connectivity index (χ0) is 6.27. The predicted octanol–water partition coefficient (Wildman–Crippen LogP) is 2.33. The van der Waals surface area contributed by atoms with Gasteiger partial charge in [-0.3, -0.25) is 0 Å². The van der Waals surface area contributed by atoms with Gasteiger partial charge in [-0.25, -0.2) is 0 Å². The fourth-order valence-corrected chi connectivity index (χ4v) is 1.69. The fraction of sp³-hybridized carbons (Fsp3) is 0.429. The van der Waals surface area contributed by atoms with Crippen LogP contribution in [0.1, 0.15) is 24.3 Å². The smallest absolute Gasteiger partial charge is 0.171 e. The number of rotatable bonds is 1. The molecule has 1 N–H and O–H groups in total. The summed E-state index contributed by atoms with van der Waals surface area (Å²) in [6, 6.07) is 1.88. The van der Waals surface area contributed by atoms with E-state index in [1.807, 2.05) is 11.4 Å². The Morgan fingerprint density at radius 2 is 2.33 bits per heavy atom. The minimum absolute atomic E-state index is 0.455. The molecule has 0 saturated heterocycles. The van der Waals surface area contributed by atoms with E-state index in [0.29, 0.717) is 5.06 Å². The van der Waals surface area contributed by atoms with Crippen LogP contribution in [0.25, 0.3) is 0 Å². The Labute approximate surface area is 58.0 Å². The summed E-state index contributed by atoms with van der Waals surface area (Å²) in [7, 11) is 0. The Hall–Kier alpha value is -0.500. The second-order valence-electron chi connectivity index (χ2n) is 2.49. The Morgan fingerprint density at radius 1 is 1.56 bits per heavy atom. The van der Waals surface area contributed by atoms with Crippen LogP contribution < -0.4 is 0 Å². The number of thiophene rings is 1. The molecular formula is C7H8OS. The molecule has 0 aromatic carbocycles. The minimum atomic E-state index is 0.455. The van der Waals surface area contributed by atoms with Crippen molar-refractivity contribution in [1.82, 2.24) is 0 Å². The number of hydrogen-bond acceptors (Lipinski definition) is 2. The molecule has 0 spiro atoms. The van der Waals surface area contributed by atoms with Gasteiger partial charge in [-0.2, -0.15) is 0 Å². The van der Waals surface area contributed by atoms with Crippen molar-refractivity contribution in [3.8, 4) is 5.06 Å². The van der Waals surface area contributed by atoms with Gasteiger partial charge in [0.05, 0.1) is 0 Å². The summed E-state index contributed by atoms with van der Waals surface area (Å²) in [5.74, 6) is 0.780. The van der Waals surface area contributed by atoms with Crippen molar-refractivity contribution in [2.45, 2.75) is 18.8 Å². The molecule has 0 amide bonds. The van der Waals surface area contributed by atoms with Gasteiger partial charge in [0.1, 0.15) is 0 Å². The molecule has 48 valence electrons. The zero-order valence-electron chi connectivity index (χ0n) is 5.00. The van der Waals surface area contributed by atoms with E-state index in [2.05, 4.69) is 0 Å². The van der Waals surface area contributed by atoms with E-state index in [9.17, 15) is 0 Å². The fourth-order valence-electron chi connectivity index (χ4n) is 0.970. The molecule has 9 heavy (non-hydrogen) atoms. The highest BCUT2D eigenvalue weighted by Crippen LogP contribution is 2.42. The molecule has 1 saturated carbocycles. The molecule has 0 radical (unpaired) electrons. The highest BCUT2D eigenvalue weighted by Gasteiger charge is 2.24. The Bertz CT molecular complexity index is 212. The summed E-state index contributed by atoms with van der Waals surface area (Å²) in [5.41, 5.74) is 1.33. The maximum atomic E-state index is 8.95. The van der Waals surface area contributed by atoms with Crippen LogP contribution in [0, 0.1) is 0 Å². The first-order valence-electron chi connectivity index (χ1n) is 3.13. The Kier molecular flexibility index (Phi) is 1.02. The molecule has 0 atom stereocenters. The summed E-state index contributed by atoms with van der Waals surface area (Å²) in [6.45, 7) is 0. The molecule has 1 aromatic heterocycles. The van der Waals surface area contributed by atoms with Crippen molar-refractivity contribution in [3.63, 3.8) is 0 Å². The lowest BCUT2D eigenvalue weighted by Crippen LogP contribution is -1.66. The Balaban J connectivity index is 2.28. The zero-order valence-corrected chi connectivity index (χ0v) is 5.82. The van der Waals surface area contributed by atoms with Gasteiger partial charge in [0.15, 0.2) is 5.06 Å². The van der Waals surface area contributed by atoms with Crippen molar-refractivity contribution in [2.75, 3.05) is 0 Å². The third kappa shape index (κ3) is 0.944. The highest BCUT2D eigenvalue weighted by atomic mass is 32.1. The van der Waals surface area contributed by atoms with E-state index in [4.69, 9.17) is 5.11 Å². The summed E-state index contributed by atoms with van der Waals surface area (Å²) < 4.78 is 0. The van der Waals surface area contributed by atoms with Gasteiger partial charge >= 0.3 is 0 Å². The first kappa shape index (κ1) is 5.30. The van der Waals surface area contributed by atoms with Crippen molar-refractivity contribution in [1.29, 1.82) is 0 Å². The molecule has 1 aromatic rings. The van der Waals surface area contributed by atoms with Crippen molar-refractivity contribution < 1.29 is 5.11 Å². The molecule has 2 rings (SSSR count). The monoisotopic (exact) mass is 140 g/mol.